The molecule has 1 aromatic carbocycles. The number of hydrogen-bond acceptors (Lipinski definition) is 2. The Kier molecular flexibility index (Phi) is 5.52. The first-order chi connectivity index (χ1) is 10.4. The number of amides is 2. The maximum absolute atomic E-state index is 13.8. The number of halogens is 2. The van der Waals surface area contributed by atoms with E-state index in [2.05, 4.69) is 21.2 Å². The van der Waals surface area contributed by atoms with Gasteiger partial charge in [0, 0.05) is 23.2 Å². The van der Waals surface area contributed by atoms with Crippen molar-refractivity contribution in [2.75, 3.05) is 18.4 Å². The van der Waals surface area contributed by atoms with E-state index in [1.54, 1.807) is 6.07 Å². The number of carbonyl (C=O) groups excluding carboxylic acids is 2. The highest BCUT2D eigenvalue weighted by Gasteiger charge is 2.32. The van der Waals surface area contributed by atoms with Crippen molar-refractivity contribution in [2.24, 2.45) is 11.7 Å². The number of likely N-dealkylation sites (tertiary alicyclic amines) is 1. The minimum Gasteiger partial charge on any atom is -0.369 e. The number of primary amides is 1. The Labute approximate surface area is 137 Å². The van der Waals surface area contributed by atoms with Crippen LogP contribution in [0, 0.1) is 11.7 Å². The van der Waals surface area contributed by atoms with E-state index >= 15 is 0 Å². The molecule has 0 bridgehead atoms. The monoisotopic (exact) mass is 372 g/mol. The average molecular weight is 373 g/mol. The highest BCUT2D eigenvalue weighted by Crippen LogP contribution is 2.19. The Bertz CT molecular complexity index is 574. The molecule has 0 radical (unpaired) electrons. The Balaban J connectivity index is 1.94. The van der Waals surface area contributed by atoms with Crippen LogP contribution in [0.5, 0.6) is 0 Å². The van der Waals surface area contributed by atoms with Gasteiger partial charge >= 0.3 is 0 Å². The van der Waals surface area contributed by atoms with Gasteiger partial charge in [-0.15, -0.1) is 0 Å². The van der Waals surface area contributed by atoms with Gasteiger partial charge in [0.25, 0.3) is 5.91 Å². The maximum Gasteiger partial charge on any atom is 0.282 e. The van der Waals surface area contributed by atoms with E-state index in [-0.39, 0.29) is 29.5 Å². The van der Waals surface area contributed by atoms with Crippen LogP contribution in [0.4, 0.5) is 10.1 Å². The SMILES string of the molecule is C[C@H](C(=O)Nc1ccc(Br)cc1F)[NH+]1CCC(C(N)=O)CC1. The molecule has 1 fully saturated rings. The molecule has 2 rings (SSSR count). The molecule has 2 amide bonds. The number of rotatable bonds is 4. The van der Waals surface area contributed by atoms with E-state index in [4.69, 9.17) is 5.73 Å². The summed E-state index contributed by atoms with van der Waals surface area (Å²) in [5, 5.41) is 2.62. The second-order valence-corrected chi connectivity index (χ2v) is 6.59. The summed E-state index contributed by atoms with van der Waals surface area (Å²) in [6, 6.07) is 4.20. The quantitative estimate of drug-likeness (QED) is 0.727. The lowest BCUT2D eigenvalue weighted by Gasteiger charge is -2.31. The van der Waals surface area contributed by atoms with E-state index in [1.807, 2.05) is 6.92 Å². The van der Waals surface area contributed by atoms with Gasteiger partial charge < -0.3 is 16.0 Å². The molecule has 1 aliphatic rings. The minimum atomic E-state index is -0.475. The van der Waals surface area contributed by atoms with E-state index in [1.165, 1.54) is 12.1 Å². The van der Waals surface area contributed by atoms with Gasteiger partial charge in [-0.2, -0.15) is 0 Å². The predicted octanol–water partition coefficient (Wildman–Crippen LogP) is 0.695. The molecule has 1 aliphatic heterocycles. The molecule has 4 N–H and O–H groups in total. The second-order valence-electron chi connectivity index (χ2n) is 5.67. The van der Waals surface area contributed by atoms with Crippen LogP contribution >= 0.6 is 15.9 Å². The lowest BCUT2D eigenvalue weighted by atomic mass is 9.95. The third kappa shape index (κ3) is 4.04. The third-order valence-electron chi connectivity index (χ3n) is 4.22. The normalized spacial score (nSPS) is 22.9. The Morgan fingerprint density at radius 1 is 1.41 bits per heavy atom. The number of nitrogens with one attached hydrogen (secondary N) is 2. The molecule has 22 heavy (non-hydrogen) atoms. The van der Waals surface area contributed by atoms with Crippen molar-refractivity contribution in [1.29, 1.82) is 0 Å². The molecule has 1 heterocycles. The number of anilines is 1. The molecule has 0 aliphatic carbocycles. The van der Waals surface area contributed by atoms with Crippen LogP contribution in [0.2, 0.25) is 0 Å². The van der Waals surface area contributed by atoms with Crippen molar-refractivity contribution in [2.45, 2.75) is 25.8 Å². The van der Waals surface area contributed by atoms with Crippen LogP contribution in [0.1, 0.15) is 19.8 Å². The summed E-state index contributed by atoms with van der Waals surface area (Å²) >= 11 is 3.18. The first kappa shape index (κ1) is 16.9. The summed E-state index contributed by atoms with van der Waals surface area (Å²) in [7, 11) is 0. The number of hydrogen-bond donors (Lipinski definition) is 3. The number of nitrogens with two attached hydrogens (primary N) is 1. The fourth-order valence-electron chi connectivity index (χ4n) is 2.72. The zero-order chi connectivity index (χ0) is 16.3. The number of carbonyl (C=O) groups is 2. The van der Waals surface area contributed by atoms with Crippen LogP contribution in [0.25, 0.3) is 0 Å². The van der Waals surface area contributed by atoms with Gasteiger partial charge in [0.2, 0.25) is 5.91 Å². The predicted molar refractivity (Wildman–Crippen MR) is 84.8 cm³/mol. The molecule has 0 spiro atoms. The molecule has 1 saturated heterocycles. The van der Waals surface area contributed by atoms with E-state index in [0.717, 1.165) is 4.90 Å². The zero-order valence-corrected chi connectivity index (χ0v) is 14.0. The summed E-state index contributed by atoms with van der Waals surface area (Å²) in [4.78, 5) is 24.5. The zero-order valence-electron chi connectivity index (χ0n) is 12.4. The number of quaternary nitrogens is 1. The van der Waals surface area contributed by atoms with Gasteiger partial charge in [0.1, 0.15) is 5.82 Å². The highest BCUT2D eigenvalue weighted by molar-refractivity contribution is 9.10. The number of piperidine rings is 1. The van der Waals surface area contributed by atoms with Crippen LogP contribution < -0.4 is 16.0 Å². The lowest BCUT2D eigenvalue weighted by Crippen LogP contribution is -3.17. The maximum atomic E-state index is 13.8. The number of benzene rings is 1. The lowest BCUT2D eigenvalue weighted by molar-refractivity contribution is -0.919. The van der Waals surface area contributed by atoms with Gasteiger partial charge in [0.05, 0.1) is 18.8 Å². The molecule has 1 atom stereocenters. The molecular weight excluding hydrogens is 353 g/mol. The molecular formula is C15H20BrFN3O2+. The van der Waals surface area contributed by atoms with Gasteiger partial charge in [0.15, 0.2) is 6.04 Å². The molecule has 0 unspecified atom stereocenters. The Hall–Kier alpha value is -1.47. The summed E-state index contributed by atoms with van der Waals surface area (Å²) in [6.45, 7) is 3.24. The summed E-state index contributed by atoms with van der Waals surface area (Å²) in [5.41, 5.74) is 5.48. The van der Waals surface area contributed by atoms with Crippen LogP contribution in [0.15, 0.2) is 22.7 Å². The summed E-state index contributed by atoms with van der Waals surface area (Å²) < 4.78 is 14.4. The molecule has 7 heteroatoms. The van der Waals surface area contributed by atoms with Crippen LogP contribution in [-0.4, -0.2) is 30.9 Å². The summed E-state index contributed by atoms with van der Waals surface area (Å²) in [6.07, 6.45) is 1.38. The standard InChI is InChI=1S/C15H19BrFN3O2/c1-9(20-6-4-10(5-7-20)14(18)21)15(22)19-13-3-2-11(16)8-12(13)17/h2-3,8-10H,4-7H2,1H3,(H2,18,21)(H,19,22)/p+1/t9-/m1/s1. The first-order valence-electron chi connectivity index (χ1n) is 7.28. The molecule has 0 saturated carbocycles. The third-order valence-corrected chi connectivity index (χ3v) is 4.72. The van der Waals surface area contributed by atoms with E-state index < -0.39 is 5.82 Å². The topological polar surface area (TPSA) is 76.6 Å². The summed E-state index contributed by atoms with van der Waals surface area (Å²) in [5.74, 6) is -1.07. The van der Waals surface area contributed by atoms with Crippen LogP contribution in [-0.2, 0) is 9.59 Å². The second kappa shape index (κ2) is 7.19. The van der Waals surface area contributed by atoms with Gasteiger partial charge in [-0.25, -0.2) is 4.39 Å². The fourth-order valence-corrected chi connectivity index (χ4v) is 3.06. The van der Waals surface area contributed by atoms with Gasteiger partial charge in [-0.1, -0.05) is 15.9 Å². The van der Waals surface area contributed by atoms with Crippen molar-refractivity contribution in [3.8, 4) is 0 Å². The molecule has 0 aromatic heterocycles. The highest BCUT2D eigenvalue weighted by atomic mass is 79.9. The van der Waals surface area contributed by atoms with Crippen molar-refractivity contribution in [1.82, 2.24) is 0 Å². The largest absolute Gasteiger partial charge is 0.369 e. The van der Waals surface area contributed by atoms with Crippen molar-refractivity contribution >= 4 is 33.4 Å². The molecule has 5 nitrogen and oxygen atoms in total. The molecule has 120 valence electrons. The molecule has 1 aromatic rings. The first-order valence-corrected chi connectivity index (χ1v) is 8.07. The Morgan fingerprint density at radius 2 is 2.05 bits per heavy atom. The van der Waals surface area contributed by atoms with Gasteiger partial charge in [-0.3, -0.25) is 9.59 Å². The van der Waals surface area contributed by atoms with Crippen molar-refractivity contribution in [3.05, 3.63) is 28.5 Å². The average Bonchev–Trinajstić information content (AvgIpc) is 2.49. The van der Waals surface area contributed by atoms with E-state index in [9.17, 15) is 14.0 Å². The smallest absolute Gasteiger partial charge is 0.282 e. The van der Waals surface area contributed by atoms with E-state index in [0.29, 0.717) is 30.4 Å². The van der Waals surface area contributed by atoms with Crippen LogP contribution in [0.3, 0.4) is 0 Å². The van der Waals surface area contributed by atoms with Crippen molar-refractivity contribution < 1.29 is 18.9 Å². The fraction of sp³-hybridized carbons (Fsp3) is 0.467. The van der Waals surface area contributed by atoms with Crippen molar-refractivity contribution in [3.63, 3.8) is 0 Å². The van der Waals surface area contributed by atoms with Gasteiger partial charge in [-0.05, 0) is 25.1 Å². The Morgan fingerprint density at radius 3 is 2.59 bits per heavy atom. The minimum absolute atomic E-state index is 0.0945.